The van der Waals surface area contributed by atoms with E-state index in [-0.39, 0.29) is 32.2 Å². The Labute approximate surface area is 404 Å². The van der Waals surface area contributed by atoms with Crippen molar-refractivity contribution in [1.82, 2.24) is 0 Å². The van der Waals surface area contributed by atoms with Crippen molar-refractivity contribution in [2.24, 2.45) is 0 Å². The first-order valence-corrected chi connectivity index (χ1v) is 23.3. The minimum absolute atomic E-state index is 0.0706. The Balaban J connectivity index is 1.28. The van der Waals surface area contributed by atoms with Gasteiger partial charge in [0.15, 0.2) is 23.0 Å². The zero-order valence-corrected chi connectivity index (χ0v) is 40.0. The van der Waals surface area contributed by atoms with Gasteiger partial charge in [-0.25, -0.2) is 0 Å². The zero-order chi connectivity index (χ0) is 47.7. The number of ether oxygens (including phenoxy) is 10. The van der Waals surface area contributed by atoms with Gasteiger partial charge in [-0.2, -0.15) is 0 Å². The molecule has 1 aliphatic rings. The lowest BCUT2D eigenvalue weighted by Gasteiger charge is -2.25. The average Bonchev–Trinajstić information content (AvgIpc) is 3.58. The van der Waals surface area contributed by atoms with Crippen LogP contribution in [0.15, 0.2) is 146 Å². The molecule has 10 nitrogen and oxygen atoms in total. The maximum atomic E-state index is 6.91. The summed E-state index contributed by atoms with van der Waals surface area (Å²) in [7, 11) is 6.65. The molecular weight excluding hydrogens is 869 g/mol. The summed E-state index contributed by atoms with van der Waals surface area (Å²) in [6.07, 6.45) is 0.607. The lowest BCUT2D eigenvalue weighted by molar-refractivity contribution is 0.0530. The van der Waals surface area contributed by atoms with Gasteiger partial charge in [-0.1, -0.05) is 121 Å². The molecule has 8 aromatic carbocycles. The third-order valence-electron chi connectivity index (χ3n) is 12.4. The van der Waals surface area contributed by atoms with Crippen LogP contribution in [0.2, 0.25) is 0 Å². The molecule has 1 heterocycles. The minimum atomic E-state index is -0.204. The molecule has 0 aliphatic carbocycles. The Morgan fingerprint density at radius 1 is 0.420 bits per heavy atom. The van der Waals surface area contributed by atoms with E-state index in [4.69, 9.17) is 47.4 Å². The monoisotopic (exact) mass is 926 g/mol. The highest BCUT2D eigenvalue weighted by Crippen LogP contribution is 2.57. The van der Waals surface area contributed by atoms with Crippen molar-refractivity contribution in [3.05, 3.63) is 179 Å². The Bertz CT molecular complexity index is 2790. The van der Waals surface area contributed by atoms with Gasteiger partial charge < -0.3 is 47.4 Å². The van der Waals surface area contributed by atoms with Gasteiger partial charge in [-0.15, -0.1) is 0 Å². The Morgan fingerprint density at radius 2 is 0.768 bits per heavy atom. The summed E-state index contributed by atoms with van der Waals surface area (Å²) in [6.45, 7) is 5.56. The molecule has 354 valence electrons. The van der Waals surface area contributed by atoms with Gasteiger partial charge in [0.1, 0.15) is 36.2 Å². The molecule has 0 aromatic heterocycles. The van der Waals surface area contributed by atoms with E-state index >= 15 is 0 Å². The normalized spacial score (nSPS) is 12.7. The molecule has 0 saturated carbocycles. The summed E-state index contributed by atoms with van der Waals surface area (Å²) < 4.78 is 65.1. The summed E-state index contributed by atoms with van der Waals surface area (Å²) in [6, 6.07) is 48.6. The van der Waals surface area contributed by atoms with Crippen molar-refractivity contribution in [2.45, 2.75) is 65.3 Å². The molecule has 2 atom stereocenters. The lowest BCUT2D eigenvalue weighted by Crippen LogP contribution is -2.13. The molecule has 0 spiro atoms. The Hall–Kier alpha value is -7.40. The van der Waals surface area contributed by atoms with E-state index in [9.17, 15) is 0 Å². The molecule has 10 heteroatoms. The molecule has 0 bridgehead atoms. The highest BCUT2D eigenvalue weighted by atomic mass is 16.7. The minimum Gasteiger partial charge on any atom is -0.496 e. The van der Waals surface area contributed by atoms with Crippen LogP contribution in [0.3, 0.4) is 0 Å². The predicted molar refractivity (Wildman–Crippen MR) is 270 cm³/mol. The molecule has 1 aliphatic heterocycles. The summed E-state index contributed by atoms with van der Waals surface area (Å²) in [5, 5.41) is 3.03. The standard InChI is InChI=1S/C59H58O10/c1-38(64-33-40-19-11-7-12-20-40)27-44-29-46-52-50(31-48(60-3)54(46)58(56(44)62-5)66-35-42-23-15-9-16-24-42)68-37-69-51-32-49(61-4)55-47(53(51)52)30-45(28-39(2)65-34-41-21-13-8-14-22-41)57(63-6)59(55)67-36-43-25-17-10-18-26-43/h7-26,29-32,38-39H,27-28,33-37H2,1-6H3/t38-,39-/m1/s1. The average molecular weight is 927 g/mol. The topological polar surface area (TPSA) is 92.3 Å². The summed E-state index contributed by atoms with van der Waals surface area (Å²) in [4.78, 5) is 0. The molecule has 0 unspecified atom stereocenters. The van der Waals surface area contributed by atoms with Gasteiger partial charge >= 0.3 is 0 Å². The highest BCUT2D eigenvalue weighted by molar-refractivity contribution is 6.16. The maximum Gasteiger partial charge on any atom is 0.230 e. The smallest absolute Gasteiger partial charge is 0.230 e. The van der Waals surface area contributed by atoms with Gasteiger partial charge in [0, 0.05) is 58.0 Å². The molecule has 0 amide bonds. The third kappa shape index (κ3) is 10.2. The van der Waals surface area contributed by atoms with Crippen LogP contribution >= 0.6 is 0 Å². The quantitative estimate of drug-likeness (QED) is 0.0736. The van der Waals surface area contributed by atoms with Crippen molar-refractivity contribution in [3.8, 4) is 57.1 Å². The van der Waals surface area contributed by atoms with Crippen LogP contribution in [0.1, 0.15) is 47.2 Å². The predicted octanol–water partition coefficient (Wildman–Crippen LogP) is 12.9. The third-order valence-corrected chi connectivity index (χ3v) is 12.4. The molecule has 8 aromatic rings. The van der Waals surface area contributed by atoms with Gasteiger partial charge in [0.2, 0.25) is 6.79 Å². The second kappa shape index (κ2) is 21.7. The number of hydrogen-bond donors (Lipinski definition) is 0. The van der Waals surface area contributed by atoms with E-state index in [1.807, 2.05) is 109 Å². The fourth-order valence-corrected chi connectivity index (χ4v) is 9.13. The number of fused-ring (bicyclic) bond motifs is 7. The van der Waals surface area contributed by atoms with E-state index in [1.54, 1.807) is 28.4 Å². The summed E-state index contributed by atoms with van der Waals surface area (Å²) >= 11 is 0. The molecule has 0 fully saturated rings. The maximum absolute atomic E-state index is 6.91. The lowest BCUT2D eigenvalue weighted by atomic mass is 9.88. The second-order valence-corrected chi connectivity index (χ2v) is 17.1. The first kappa shape index (κ1) is 46.7. The van der Waals surface area contributed by atoms with Crippen LogP contribution in [0, 0.1) is 0 Å². The largest absolute Gasteiger partial charge is 0.496 e. The number of benzene rings is 8. The molecule has 0 N–H and O–H groups in total. The summed E-state index contributed by atoms with van der Waals surface area (Å²) in [5.41, 5.74) is 7.49. The SMILES string of the molecule is COc1c(C[C@@H](C)OCc2ccccc2)cc2c3c(cc(OC)c2c1OCc1ccccc1)OCOc1cc(OC)c2c(OCc4ccccc4)c(OC)c(C[C@@H](C)OCc4ccccc4)cc2c1-3. The van der Waals surface area contributed by atoms with E-state index < -0.39 is 0 Å². The van der Waals surface area contributed by atoms with E-state index in [1.165, 1.54) is 0 Å². The second-order valence-electron chi connectivity index (χ2n) is 17.1. The van der Waals surface area contributed by atoms with Crippen LogP contribution in [-0.4, -0.2) is 47.4 Å². The first-order valence-electron chi connectivity index (χ1n) is 23.3. The van der Waals surface area contributed by atoms with Crippen molar-refractivity contribution >= 4 is 21.5 Å². The molecule has 69 heavy (non-hydrogen) atoms. The number of hydrogen-bond acceptors (Lipinski definition) is 10. The van der Waals surface area contributed by atoms with Crippen LogP contribution in [-0.2, 0) is 48.7 Å². The molecular formula is C59H58O10. The van der Waals surface area contributed by atoms with Gasteiger partial charge in [0.25, 0.3) is 0 Å². The molecule has 0 radical (unpaired) electrons. The van der Waals surface area contributed by atoms with Crippen molar-refractivity contribution < 1.29 is 47.4 Å². The fraction of sp³-hybridized carbons (Fsp3) is 0.254. The van der Waals surface area contributed by atoms with Crippen molar-refractivity contribution in [3.63, 3.8) is 0 Å². The van der Waals surface area contributed by atoms with Gasteiger partial charge in [-0.3, -0.25) is 0 Å². The van der Waals surface area contributed by atoms with Crippen LogP contribution in [0.4, 0.5) is 0 Å². The summed E-state index contributed by atoms with van der Waals surface area (Å²) in [5.74, 6) is 4.46. The van der Waals surface area contributed by atoms with Gasteiger partial charge in [0.05, 0.1) is 64.6 Å². The molecule has 0 saturated heterocycles. The van der Waals surface area contributed by atoms with E-state index in [2.05, 4.69) is 50.2 Å². The highest BCUT2D eigenvalue weighted by Gasteiger charge is 2.32. The zero-order valence-electron chi connectivity index (χ0n) is 40.0. The molecule has 9 rings (SSSR count). The number of rotatable bonds is 20. The number of methoxy groups -OCH3 is 4. The van der Waals surface area contributed by atoms with Crippen molar-refractivity contribution in [2.75, 3.05) is 35.2 Å². The van der Waals surface area contributed by atoms with Crippen molar-refractivity contribution in [1.29, 1.82) is 0 Å². The van der Waals surface area contributed by atoms with Crippen LogP contribution < -0.4 is 37.9 Å². The van der Waals surface area contributed by atoms with E-state index in [0.717, 1.165) is 55.3 Å². The van der Waals surface area contributed by atoms with E-state index in [0.29, 0.717) is 82.8 Å². The Kier molecular flexibility index (Phi) is 14.7. The van der Waals surface area contributed by atoms with Crippen LogP contribution in [0.5, 0.6) is 46.0 Å². The first-order chi connectivity index (χ1) is 33.9. The van der Waals surface area contributed by atoms with Gasteiger partial charge in [-0.05, 0) is 48.2 Å². The fourth-order valence-electron chi connectivity index (χ4n) is 9.13. The van der Waals surface area contributed by atoms with Crippen LogP contribution in [0.25, 0.3) is 32.7 Å². The Morgan fingerprint density at radius 3 is 1.10 bits per heavy atom.